The predicted molar refractivity (Wildman–Crippen MR) is 85.1 cm³/mol. The van der Waals surface area contributed by atoms with Gasteiger partial charge in [-0.1, -0.05) is 11.6 Å². The third kappa shape index (κ3) is 3.06. The monoisotopic (exact) mass is 356 g/mol. The predicted octanol–water partition coefficient (Wildman–Crippen LogP) is 1.58. The number of amides is 2. The number of rotatable bonds is 4. The number of nitrogens with one attached hydrogen (secondary N) is 1. The van der Waals surface area contributed by atoms with E-state index >= 15 is 0 Å². The highest BCUT2D eigenvalue weighted by Crippen LogP contribution is 2.34. The van der Waals surface area contributed by atoms with Crippen molar-refractivity contribution in [2.24, 2.45) is 12.8 Å². The van der Waals surface area contributed by atoms with Crippen molar-refractivity contribution in [2.75, 3.05) is 12.4 Å². The number of halogens is 1. The van der Waals surface area contributed by atoms with E-state index < -0.39 is 17.8 Å². The molecule has 2 rings (SSSR count). The SMILES string of the molecule is COC(=O)c1c(NC(=O)c2c(Cl)cnn2C)sc(C(N)=O)c1C. The molecule has 0 atom stereocenters. The molecule has 122 valence electrons. The summed E-state index contributed by atoms with van der Waals surface area (Å²) in [6, 6.07) is 0. The van der Waals surface area contributed by atoms with E-state index in [1.165, 1.54) is 18.0 Å². The fraction of sp³-hybridized carbons (Fsp3) is 0.231. The summed E-state index contributed by atoms with van der Waals surface area (Å²) < 4.78 is 5.99. The van der Waals surface area contributed by atoms with E-state index in [0.29, 0.717) is 5.56 Å². The van der Waals surface area contributed by atoms with Crippen LogP contribution in [-0.2, 0) is 11.8 Å². The third-order valence-electron chi connectivity index (χ3n) is 3.10. The maximum Gasteiger partial charge on any atom is 0.341 e. The Morgan fingerprint density at radius 2 is 2.09 bits per heavy atom. The first kappa shape index (κ1) is 17.0. The third-order valence-corrected chi connectivity index (χ3v) is 4.59. The summed E-state index contributed by atoms with van der Waals surface area (Å²) in [4.78, 5) is 35.9. The lowest BCUT2D eigenvalue weighted by Gasteiger charge is -2.06. The normalized spacial score (nSPS) is 10.4. The molecule has 0 unspecified atom stereocenters. The number of nitrogens with zero attached hydrogens (tertiary/aromatic N) is 2. The Morgan fingerprint density at radius 1 is 1.43 bits per heavy atom. The number of aryl methyl sites for hydroxylation is 1. The molecule has 0 radical (unpaired) electrons. The smallest absolute Gasteiger partial charge is 0.341 e. The number of nitrogens with two attached hydrogens (primary N) is 1. The summed E-state index contributed by atoms with van der Waals surface area (Å²) in [6.07, 6.45) is 1.33. The van der Waals surface area contributed by atoms with Gasteiger partial charge in [-0.3, -0.25) is 14.3 Å². The average Bonchev–Trinajstić information content (AvgIpc) is 2.98. The summed E-state index contributed by atoms with van der Waals surface area (Å²) in [5.41, 5.74) is 5.83. The summed E-state index contributed by atoms with van der Waals surface area (Å²) in [7, 11) is 2.75. The number of hydrogen-bond acceptors (Lipinski definition) is 6. The molecule has 0 fully saturated rings. The Balaban J connectivity index is 2.47. The fourth-order valence-corrected chi connectivity index (χ4v) is 3.31. The van der Waals surface area contributed by atoms with Crippen LogP contribution in [0.25, 0.3) is 0 Å². The minimum absolute atomic E-state index is 0.0814. The number of hydrogen-bond donors (Lipinski definition) is 2. The number of ether oxygens (including phenoxy) is 1. The first-order chi connectivity index (χ1) is 10.8. The van der Waals surface area contributed by atoms with Crippen LogP contribution in [0.5, 0.6) is 0 Å². The first-order valence-corrected chi connectivity index (χ1v) is 7.47. The molecular weight excluding hydrogens is 344 g/mol. The van der Waals surface area contributed by atoms with Gasteiger partial charge in [0.05, 0.1) is 28.8 Å². The van der Waals surface area contributed by atoms with Crippen molar-refractivity contribution >= 4 is 45.7 Å². The van der Waals surface area contributed by atoms with Crippen molar-refractivity contribution in [3.8, 4) is 0 Å². The Morgan fingerprint density at radius 3 is 2.57 bits per heavy atom. The molecule has 0 spiro atoms. The van der Waals surface area contributed by atoms with Crippen molar-refractivity contribution in [3.63, 3.8) is 0 Å². The number of carbonyl (C=O) groups excluding carboxylic acids is 3. The number of carbonyl (C=O) groups is 3. The lowest BCUT2D eigenvalue weighted by molar-refractivity contribution is 0.0601. The highest BCUT2D eigenvalue weighted by atomic mass is 35.5. The lowest BCUT2D eigenvalue weighted by Crippen LogP contribution is -2.18. The van der Waals surface area contributed by atoms with Gasteiger partial charge in [0.1, 0.15) is 10.7 Å². The summed E-state index contributed by atoms with van der Waals surface area (Å²) in [5, 5.41) is 6.73. The molecule has 2 aromatic heterocycles. The van der Waals surface area contributed by atoms with Crippen LogP contribution in [0.3, 0.4) is 0 Å². The zero-order valence-corrected chi connectivity index (χ0v) is 14.0. The van der Waals surface area contributed by atoms with E-state index in [0.717, 1.165) is 11.3 Å². The van der Waals surface area contributed by atoms with Gasteiger partial charge in [-0.25, -0.2) is 4.79 Å². The average molecular weight is 357 g/mol. The van der Waals surface area contributed by atoms with Gasteiger partial charge in [0.15, 0.2) is 0 Å². The fourth-order valence-electron chi connectivity index (χ4n) is 2.01. The van der Waals surface area contributed by atoms with Gasteiger partial charge in [0.25, 0.3) is 11.8 Å². The van der Waals surface area contributed by atoms with Gasteiger partial charge in [0, 0.05) is 7.05 Å². The van der Waals surface area contributed by atoms with Gasteiger partial charge in [0.2, 0.25) is 0 Å². The molecule has 0 aliphatic carbocycles. The van der Waals surface area contributed by atoms with Crippen LogP contribution >= 0.6 is 22.9 Å². The van der Waals surface area contributed by atoms with E-state index in [2.05, 4.69) is 10.4 Å². The maximum atomic E-state index is 12.4. The van der Waals surface area contributed by atoms with E-state index in [-0.39, 0.29) is 26.2 Å². The molecule has 0 aliphatic rings. The molecule has 3 N–H and O–H groups in total. The minimum atomic E-state index is -0.697. The standard InChI is InChI=1S/C13H13ClN4O4S/c1-5-7(13(21)22-3)12(23-9(5)10(15)19)17-11(20)8-6(14)4-16-18(8)2/h4H,1-3H3,(H2,15,19)(H,17,20). The molecule has 2 aromatic rings. The molecule has 8 nitrogen and oxygen atoms in total. The Labute approximate surface area is 140 Å². The second kappa shape index (κ2) is 6.39. The number of thiophene rings is 1. The van der Waals surface area contributed by atoms with E-state index in [1.807, 2.05) is 0 Å². The van der Waals surface area contributed by atoms with Crippen molar-refractivity contribution in [1.29, 1.82) is 0 Å². The zero-order chi connectivity index (χ0) is 17.3. The number of esters is 1. The quantitative estimate of drug-likeness (QED) is 0.807. The largest absolute Gasteiger partial charge is 0.465 e. The van der Waals surface area contributed by atoms with E-state index in [1.54, 1.807) is 14.0 Å². The molecule has 0 bridgehead atoms. The van der Waals surface area contributed by atoms with Crippen LogP contribution in [0.1, 0.15) is 36.1 Å². The minimum Gasteiger partial charge on any atom is -0.465 e. The molecule has 23 heavy (non-hydrogen) atoms. The van der Waals surface area contributed by atoms with Crippen LogP contribution in [-0.4, -0.2) is 34.7 Å². The molecule has 2 heterocycles. The molecular formula is C13H13ClN4O4S. The summed E-state index contributed by atoms with van der Waals surface area (Å²) >= 11 is 6.81. The van der Waals surface area contributed by atoms with Crippen molar-refractivity contribution < 1.29 is 19.1 Å². The van der Waals surface area contributed by atoms with Gasteiger partial charge >= 0.3 is 5.97 Å². The number of anilines is 1. The zero-order valence-electron chi connectivity index (χ0n) is 12.5. The Bertz CT molecular complexity index is 792. The molecule has 10 heteroatoms. The molecule has 0 aromatic carbocycles. The molecule has 0 aliphatic heterocycles. The maximum absolute atomic E-state index is 12.4. The van der Waals surface area contributed by atoms with E-state index in [9.17, 15) is 14.4 Å². The Kier molecular flexibility index (Phi) is 4.71. The second-order valence-electron chi connectivity index (χ2n) is 4.53. The van der Waals surface area contributed by atoms with Gasteiger partial charge < -0.3 is 15.8 Å². The van der Waals surface area contributed by atoms with Crippen molar-refractivity contribution in [3.05, 3.63) is 32.9 Å². The van der Waals surface area contributed by atoms with Crippen LogP contribution < -0.4 is 11.1 Å². The van der Waals surface area contributed by atoms with Gasteiger partial charge in [-0.15, -0.1) is 11.3 Å². The molecule has 0 saturated heterocycles. The van der Waals surface area contributed by atoms with E-state index in [4.69, 9.17) is 22.1 Å². The van der Waals surface area contributed by atoms with Crippen LogP contribution in [0.4, 0.5) is 5.00 Å². The molecule has 2 amide bonds. The van der Waals surface area contributed by atoms with Gasteiger partial charge in [-0.05, 0) is 12.5 Å². The lowest BCUT2D eigenvalue weighted by atomic mass is 10.1. The highest BCUT2D eigenvalue weighted by Gasteiger charge is 2.26. The summed E-state index contributed by atoms with van der Waals surface area (Å²) in [5.74, 6) is -1.95. The number of methoxy groups -OCH3 is 1. The van der Waals surface area contributed by atoms with Gasteiger partial charge in [-0.2, -0.15) is 5.10 Å². The van der Waals surface area contributed by atoms with Crippen LogP contribution in [0, 0.1) is 6.92 Å². The van der Waals surface area contributed by atoms with Crippen LogP contribution in [0.15, 0.2) is 6.20 Å². The Hall–Kier alpha value is -2.39. The van der Waals surface area contributed by atoms with Crippen molar-refractivity contribution in [2.45, 2.75) is 6.92 Å². The second-order valence-corrected chi connectivity index (χ2v) is 5.96. The number of primary amides is 1. The van der Waals surface area contributed by atoms with Crippen LogP contribution in [0.2, 0.25) is 5.02 Å². The van der Waals surface area contributed by atoms with Crippen molar-refractivity contribution in [1.82, 2.24) is 9.78 Å². The topological polar surface area (TPSA) is 116 Å². The summed E-state index contributed by atoms with van der Waals surface area (Å²) in [6.45, 7) is 1.55. The highest BCUT2D eigenvalue weighted by molar-refractivity contribution is 7.18. The first-order valence-electron chi connectivity index (χ1n) is 6.28. The number of aromatic nitrogens is 2. The molecule has 0 saturated carbocycles.